The Morgan fingerprint density at radius 1 is 1.42 bits per heavy atom. The van der Waals surface area contributed by atoms with E-state index in [0.717, 1.165) is 25.3 Å². The number of hydrogen-bond donors (Lipinski definition) is 1. The molecule has 0 spiro atoms. The lowest BCUT2D eigenvalue weighted by Gasteiger charge is -2.24. The molecule has 0 aromatic carbocycles. The Morgan fingerprint density at radius 3 is 2.95 bits per heavy atom. The van der Waals surface area contributed by atoms with Crippen LogP contribution in [0.3, 0.4) is 0 Å². The van der Waals surface area contributed by atoms with Crippen LogP contribution in [0.4, 0.5) is 0 Å². The van der Waals surface area contributed by atoms with E-state index in [1.165, 1.54) is 32.1 Å². The second-order valence-corrected chi connectivity index (χ2v) is 5.61. The van der Waals surface area contributed by atoms with Crippen LogP contribution < -0.4 is 10.1 Å². The SMILES string of the molecule is CCCn1cc(OC(C)CNC2CCCCC2)cn1. The fourth-order valence-electron chi connectivity index (χ4n) is 2.67. The summed E-state index contributed by atoms with van der Waals surface area (Å²) < 4.78 is 7.83. The van der Waals surface area contributed by atoms with Gasteiger partial charge in [0.15, 0.2) is 5.75 Å². The first kappa shape index (κ1) is 14.4. The largest absolute Gasteiger partial charge is 0.486 e. The fourth-order valence-corrected chi connectivity index (χ4v) is 2.67. The maximum absolute atomic E-state index is 5.89. The van der Waals surface area contributed by atoms with E-state index in [0.29, 0.717) is 6.04 Å². The minimum atomic E-state index is 0.196. The topological polar surface area (TPSA) is 39.1 Å². The summed E-state index contributed by atoms with van der Waals surface area (Å²) in [6.45, 7) is 6.15. The molecule has 0 saturated heterocycles. The smallest absolute Gasteiger partial charge is 0.157 e. The molecule has 19 heavy (non-hydrogen) atoms. The Labute approximate surface area is 116 Å². The summed E-state index contributed by atoms with van der Waals surface area (Å²) in [4.78, 5) is 0. The monoisotopic (exact) mass is 265 g/mol. The molecule has 0 amide bonds. The minimum Gasteiger partial charge on any atom is -0.486 e. The predicted octanol–water partition coefficient (Wildman–Crippen LogP) is 2.98. The van der Waals surface area contributed by atoms with Gasteiger partial charge in [0.05, 0.1) is 12.4 Å². The third kappa shape index (κ3) is 4.86. The van der Waals surface area contributed by atoms with Crippen LogP contribution >= 0.6 is 0 Å². The Bertz CT molecular complexity index is 358. The first-order valence-corrected chi connectivity index (χ1v) is 7.70. The Hall–Kier alpha value is -1.03. The number of rotatable bonds is 7. The molecule has 1 N–H and O–H groups in total. The van der Waals surface area contributed by atoms with Gasteiger partial charge in [0, 0.05) is 19.1 Å². The van der Waals surface area contributed by atoms with Crippen LogP contribution in [-0.2, 0) is 6.54 Å². The number of aryl methyl sites for hydroxylation is 1. The zero-order chi connectivity index (χ0) is 13.5. The standard InChI is InChI=1S/C15H27N3O/c1-3-9-18-12-15(11-17-18)19-13(2)10-16-14-7-5-4-6-8-14/h11-14,16H,3-10H2,1-2H3. The van der Waals surface area contributed by atoms with Crippen LogP contribution in [0.25, 0.3) is 0 Å². The quantitative estimate of drug-likeness (QED) is 0.824. The van der Waals surface area contributed by atoms with Gasteiger partial charge in [-0.25, -0.2) is 0 Å². The minimum absolute atomic E-state index is 0.196. The van der Waals surface area contributed by atoms with Gasteiger partial charge in [-0.1, -0.05) is 26.2 Å². The maximum atomic E-state index is 5.89. The maximum Gasteiger partial charge on any atom is 0.157 e. The molecule has 0 aliphatic heterocycles. The molecular formula is C15H27N3O. The van der Waals surface area contributed by atoms with Crippen LogP contribution in [0.15, 0.2) is 12.4 Å². The summed E-state index contributed by atoms with van der Waals surface area (Å²) >= 11 is 0. The van der Waals surface area contributed by atoms with Gasteiger partial charge >= 0.3 is 0 Å². The van der Waals surface area contributed by atoms with Crippen LogP contribution in [0.2, 0.25) is 0 Å². The predicted molar refractivity (Wildman–Crippen MR) is 77.5 cm³/mol. The molecule has 1 saturated carbocycles. The van der Waals surface area contributed by atoms with Gasteiger partial charge < -0.3 is 10.1 Å². The van der Waals surface area contributed by atoms with Crippen LogP contribution in [0.1, 0.15) is 52.4 Å². The molecule has 1 atom stereocenters. The number of nitrogens with zero attached hydrogens (tertiary/aromatic N) is 2. The van der Waals surface area contributed by atoms with Gasteiger partial charge in [0.2, 0.25) is 0 Å². The van der Waals surface area contributed by atoms with E-state index < -0.39 is 0 Å². The van der Waals surface area contributed by atoms with E-state index in [-0.39, 0.29) is 6.10 Å². The van der Waals surface area contributed by atoms with Gasteiger partial charge in [-0.3, -0.25) is 4.68 Å². The molecule has 4 nitrogen and oxygen atoms in total. The number of hydrogen-bond acceptors (Lipinski definition) is 3. The molecule has 4 heteroatoms. The molecule has 0 bridgehead atoms. The van der Waals surface area contributed by atoms with E-state index in [2.05, 4.69) is 24.3 Å². The summed E-state index contributed by atoms with van der Waals surface area (Å²) in [5.41, 5.74) is 0. The Morgan fingerprint density at radius 2 is 2.21 bits per heavy atom. The number of nitrogens with one attached hydrogen (secondary N) is 1. The first-order valence-electron chi connectivity index (χ1n) is 7.70. The summed E-state index contributed by atoms with van der Waals surface area (Å²) in [5.74, 6) is 0.881. The second kappa shape index (κ2) is 7.53. The Kier molecular flexibility index (Phi) is 5.70. The number of ether oxygens (including phenoxy) is 1. The van der Waals surface area contributed by atoms with E-state index in [1.807, 2.05) is 17.1 Å². The summed E-state index contributed by atoms with van der Waals surface area (Å²) in [7, 11) is 0. The van der Waals surface area contributed by atoms with Gasteiger partial charge in [0.1, 0.15) is 6.10 Å². The zero-order valence-corrected chi connectivity index (χ0v) is 12.3. The third-order valence-corrected chi connectivity index (χ3v) is 3.70. The van der Waals surface area contributed by atoms with Crippen molar-refractivity contribution in [2.24, 2.45) is 0 Å². The highest BCUT2D eigenvalue weighted by Crippen LogP contribution is 2.17. The van der Waals surface area contributed by atoms with E-state index in [4.69, 9.17) is 4.74 Å². The van der Waals surface area contributed by atoms with E-state index >= 15 is 0 Å². The average molecular weight is 265 g/mol. The molecule has 1 aromatic rings. The lowest BCUT2D eigenvalue weighted by atomic mass is 9.95. The molecule has 1 unspecified atom stereocenters. The van der Waals surface area contributed by atoms with Gasteiger partial charge in [0.25, 0.3) is 0 Å². The second-order valence-electron chi connectivity index (χ2n) is 5.61. The fraction of sp³-hybridized carbons (Fsp3) is 0.800. The van der Waals surface area contributed by atoms with Crippen molar-refractivity contribution >= 4 is 0 Å². The zero-order valence-electron chi connectivity index (χ0n) is 12.3. The molecule has 1 heterocycles. The van der Waals surface area contributed by atoms with Crippen molar-refractivity contribution in [2.45, 2.75) is 71.1 Å². The third-order valence-electron chi connectivity index (χ3n) is 3.70. The molecule has 1 fully saturated rings. The van der Waals surface area contributed by atoms with Crippen LogP contribution in [-0.4, -0.2) is 28.5 Å². The van der Waals surface area contributed by atoms with Crippen molar-refractivity contribution in [1.29, 1.82) is 0 Å². The van der Waals surface area contributed by atoms with Crippen molar-refractivity contribution in [3.8, 4) is 5.75 Å². The highest BCUT2D eigenvalue weighted by atomic mass is 16.5. The molecule has 2 rings (SSSR count). The van der Waals surface area contributed by atoms with Crippen molar-refractivity contribution in [3.63, 3.8) is 0 Å². The highest BCUT2D eigenvalue weighted by Gasteiger charge is 2.14. The summed E-state index contributed by atoms with van der Waals surface area (Å²) in [5, 5.41) is 7.90. The van der Waals surface area contributed by atoms with Crippen LogP contribution in [0.5, 0.6) is 5.75 Å². The molecule has 1 aliphatic carbocycles. The first-order chi connectivity index (χ1) is 9.28. The van der Waals surface area contributed by atoms with Gasteiger partial charge in [-0.2, -0.15) is 5.10 Å². The van der Waals surface area contributed by atoms with Crippen molar-refractivity contribution < 1.29 is 4.74 Å². The normalized spacial score (nSPS) is 18.4. The molecule has 1 aromatic heterocycles. The molecule has 0 radical (unpaired) electrons. The Balaban J connectivity index is 1.69. The van der Waals surface area contributed by atoms with Crippen molar-refractivity contribution in [3.05, 3.63) is 12.4 Å². The lowest BCUT2D eigenvalue weighted by molar-refractivity contribution is 0.205. The van der Waals surface area contributed by atoms with Crippen LogP contribution in [0, 0.1) is 0 Å². The summed E-state index contributed by atoms with van der Waals surface area (Å²) in [6.07, 6.45) is 11.9. The number of aromatic nitrogens is 2. The lowest BCUT2D eigenvalue weighted by Crippen LogP contribution is -2.37. The van der Waals surface area contributed by atoms with E-state index in [9.17, 15) is 0 Å². The van der Waals surface area contributed by atoms with Crippen molar-refractivity contribution in [2.75, 3.05) is 6.54 Å². The van der Waals surface area contributed by atoms with Gasteiger partial charge in [-0.15, -0.1) is 0 Å². The van der Waals surface area contributed by atoms with E-state index in [1.54, 1.807) is 0 Å². The molecular weight excluding hydrogens is 238 g/mol. The van der Waals surface area contributed by atoms with Gasteiger partial charge in [-0.05, 0) is 26.2 Å². The summed E-state index contributed by atoms with van der Waals surface area (Å²) in [6, 6.07) is 0.697. The average Bonchev–Trinajstić information content (AvgIpc) is 2.85. The molecule has 1 aliphatic rings. The van der Waals surface area contributed by atoms with Crippen molar-refractivity contribution in [1.82, 2.24) is 15.1 Å². The highest BCUT2D eigenvalue weighted by molar-refractivity contribution is 5.12. The molecule has 108 valence electrons.